The maximum absolute atomic E-state index is 12.7. The van der Waals surface area contributed by atoms with E-state index in [4.69, 9.17) is 4.74 Å². The minimum Gasteiger partial charge on any atom is -0.495 e. The Hall–Kier alpha value is -2.56. The highest BCUT2D eigenvalue weighted by atomic mass is 16.5. The van der Waals surface area contributed by atoms with Crippen molar-refractivity contribution in [2.24, 2.45) is 0 Å². The van der Waals surface area contributed by atoms with Gasteiger partial charge in [-0.1, -0.05) is 23.8 Å². The summed E-state index contributed by atoms with van der Waals surface area (Å²) in [6.45, 7) is 0.726. The first-order valence-corrected chi connectivity index (χ1v) is 8.42. The number of rotatable bonds is 6. The molecule has 0 spiro atoms. The minimum atomic E-state index is -0.167. The number of hydrogen-bond acceptors (Lipinski definition) is 4. The van der Waals surface area contributed by atoms with E-state index >= 15 is 0 Å². The fourth-order valence-electron chi connectivity index (χ4n) is 3.02. The average molecular weight is 325 g/mol. The molecule has 5 heteroatoms. The van der Waals surface area contributed by atoms with Crippen molar-refractivity contribution in [3.63, 3.8) is 0 Å². The van der Waals surface area contributed by atoms with Gasteiger partial charge in [0.25, 0.3) is 5.56 Å². The Bertz CT molecular complexity index is 780. The van der Waals surface area contributed by atoms with Crippen molar-refractivity contribution in [3.8, 4) is 11.4 Å². The minimum absolute atomic E-state index is 0.167. The Labute approximate surface area is 142 Å². The molecule has 0 aliphatic heterocycles. The van der Waals surface area contributed by atoms with Gasteiger partial charge in [-0.15, -0.1) is 0 Å². The lowest BCUT2D eigenvalue weighted by atomic mass is 9.97. The molecule has 0 fully saturated rings. The first-order chi connectivity index (χ1) is 11.8. The van der Waals surface area contributed by atoms with Crippen LogP contribution in [0.15, 0.2) is 53.1 Å². The molecule has 0 atom stereocenters. The largest absolute Gasteiger partial charge is 0.495 e. The summed E-state index contributed by atoms with van der Waals surface area (Å²) in [5.74, 6) is 1.03. The molecule has 1 N–H and O–H groups in total. The number of benzene rings is 1. The molecule has 0 saturated heterocycles. The Balaban J connectivity index is 1.76. The van der Waals surface area contributed by atoms with Gasteiger partial charge in [-0.25, -0.2) is 4.98 Å². The molecule has 1 heterocycles. The molecule has 126 valence electrons. The van der Waals surface area contributed by atoms with Crippen LogP contribution in [0.3, 0.4) is 0 Å². The second kappa shape index (κ2) is 7.81. The van der Waals surface area contributed by atoms with E-state index in [2.05, 4.69) is 16.4 Å². The van der Waals surface area contributed by atoms with Crippen molar-refractivity contribution in [2.45, 2.75) is 32.1 Å². The number of hydrogen-bond donors (Lipinski definition) is 1. The van der Waals surface area contributed by atoms with Crippen LogP contribution in [0.25, 0.3) is 5.69 Å². The third-order valence-corrected chi connectivity index (χ3v) is 4.31. The van der Waals surface area contributed by atoms with Crippen molar-refractivity contribution >= 4 is 5.82 Å². The molecule has 0 bridgehead atoms. The number of ether oxygens (including phenoxy) is 1. The van der Waals surface area contributed by atoms with Crippen LogP contribution in [0.5, 0.6) is 5.75 Å². The van der Waals surface area contributed by atoms with Crippen LogP contribution >= 0.6 is 0 Å². The van der Waals surface area contributed by atoms with E-state index < -0.39 is 0 Å². The van der Waals surface area contributed by atoms with Crippen LogP contribution in [0, 0.1) is 0 Å². The van der Waals surface area contributed by atoms with Gasteiger partial charge in [-0.3, -0.25) is 9.36 Å². The number of methoxy groups -OCH3 is 1. The highest BCUT2D eigenvalue weighted by Crippen LogP contribution is 2.21. The summed E-state index contributed by atoms with van der Waals surface area (Å²) in [5.41, 5.74) is 2.03. The van der Waals surface area contributed by atoms with Crippen molar-refractivity contribution in [2.75, 3.05) is 19.0 Å². The molecule has 2 aromatic rings. The summed E-state index contributed by atoms with van der Waals surface area (Å²) >= 11 is 0. The van der Waals surface area contributed by atoms with E-state index in [0.29, 0.717) is 17.3 Å². The first kappa shape index (κ1) is 16.3. The van der Waals surface area contributed by atoms with Crippen molar-refractivity contribution in [1.82, 2.24) is 9.55 Å². The number of para-hydroxylation sites is 2. The lowest BCUT2D eigenvalue weighted by molar-refractivity contribution is 0.412. The first-order valence-electron chi connectivity index (χ1n) is 8.42. The number of nitrogens with one attached hydrogen (secondary N) is 1. The second-order valence-electron chi connectivity index (χ2n) is 5.91. The normalized spacial score (nSPS) is 14.1. The van der Waals surface area contributed by atoms with Gasteiger partial charge < -0.3 is 10.1 Å². The Kier molecular flexibility index (Phi) is 5.31. The van der Waals surface area contributed by atoms with Crippen LogP contribution in [-0.4, -0.2) is 23.2 Å². The van der Waals surface area contributed by atoms with Gasteiger partial charge in [0.15, 0.2) is 5.82 Å². The second-order valence-corrected chi connectivity index (χ2v) is 5.91. The summed E-state index contributed by atoms with van der Waals surface area (Å²) in [7, 11) is 1.60. The third kappa shape index (κ3) is 3.67. The van der Waals surface area contributed by atoms with Crippen LogP contribution in [0.4, 0.5) is 5.82 Å². The standard InChI is InChI=1S/C19H23N3O2/c1-24-17-10-6-5-9-16(17)22-14-13-21-18(19(22)23)20-12-11-15-7-3-2-4-8-15/h5-7,9-10,13-14H,2-4,8,11-12H2,1H3,(H,20,21). The van der Waals surface area contributed by atoms with Crippen LogP contribution in [0.2, 0.25) is 0 Å². The number of anilines is 1. The highest BCUT2D eigenvalue weighted by Gasteiger charge is 2.10. The summed E-state index contributed by atoms with van der Waals surface area (Å²) in [4.78, 5) is 16.9. The Morgan fingerprint density at radius 3 is 2.96 bits per heavy atom. The summed E-state index contributed by atoms with van der Waals surface area (Å²) in [6, 6.07) is 7.46. The van der Waals surface area contributed by atoms with E-state index in [1.807, 2.05) is 24.3 Å². The smallest absolute Gasteiger partial charge is 0.297 e. The average Bonchev–Trinajstić information content (AvgIpc) is 2.64. The highest BCUT2D eigenvalue weighted by molar-refractivity contribution is 5.48. The fraction of sp³-hybridized carbons (Fsp3) is 0.368. The molecule has 1 aromatic heterocycles. The zero-order valence-electron chi connectivity index (χ0n) is 14.0. The molecule has 3 rings (SSSR count). The zero-order valence-corrected chi connectivity index (χ0v) is 14.0. The maximum atomic E-state index is 12.7. The maximum Gasteiger partial charge on any atom is 0.297 e. The van der Waals surface area contributed by atoms with E-state index in [0.717, 1.165) is 13.0 Å². The van der Waals surface area contributed by atoms with Gasteiger partial charge in [0.05, 0.1) is 12.8 Å². The molecule has 24 heavy (non-hydrogen) atoms. The molecule has 1 aromatic carbocycles. The van der Waals surface area contributed by atoms with E-state index in [1.54, 1.807) is 24.1 Å². The predicted molar refractivity (Wildman–Crippen MR) is 96.0 cm³/mol. The molecular weight excluding hydrogens is 302 g/mol. The molecule has 1 aliphatic carbocycles. The van der Waals surface area contributed by atoms with E-state index in [-0.39, 0.29) is 5.56 Å². The summed E-state index contributed by atoms with van der Waals surface area (Å²) in [5, 5.41) is 3.18. The number of allylic oxidation sites excluding steroid dienone is 1. The zero-order chi connectivity index (χ0) is 16.8. The van der Waals surface area contributed by atoms with Crippen LogP contribution in [0.1, 0.15) is 32.1 Å². The van der Waals surface area contributed by atoms with Gasteiger partial charge in [-0.05, 0) is 44.2 Å². The van der Waals surface area contributed by atoms with Gasteiger partial charge >= 0.3 is 0 Å². The van der Waals surface area contributed by atoms with Gasteiger partial charge in [0.2, 0.25) is 0 Å². The molecular formula is C19H23N3O2. The van der Waals surface area contributed by atoms with Crippen LogP contribution < -0.4 is 15.6 Å². The Morgan fingerprint density at radius 1 is 1.29 bits per heavy atom. The summed E-state index contributed by atoms with van der Waals surface area (Å²) in [6.07, 6.45) is 11.5. The van der Waals surface area contributed by atoms with E-state index in [1.165, 1.54) is 31.3 Å². The molecule has 0 saturated carbocycles. The Morgan fingerprint density at radius 2 is 2.17 bits per heavy atom. The molecule has 0 amide bonds. The summed E-state index contributed by atoms with van der Waals surface area (Å²) < 4.78 is 6.91. The molecule has 5 nitrogen and oxygen atoms in total. The number of nitrogens with zero attached hydrogens (tertiary/aromatic N) is 2. The van der Waals surface area contributed by atoms with Crippen molar-refractivity contribution in [1.29, 1.82) is 0 Å². The van der Waals surface area contributed by atoms with Gasteiger partial charge in [-0.2, -0.15) is 0 Å². The third-order valence-electron chi connectivity index (χ3n) is 4.31. The number of aromatic nitrogens is 2. The topological polar surface area (TPSA) is 56.1 Å². The lowest BCUT2D eigenvalue weighted by Gasteiger charge is -2.14. The quantitative estimate of drug-likeness (QED) is 0.825. The predicted octanol–water partition coefficient (Wildman–Crippen LogP) is 3.54. The van der Waals surface area contributed by atoms with E-state index in [9.17, 15) is 4.79 Å². The van der Waals surface area contributed by atoms with Gasteiger partial charge in [0.1, 0.15) is 5.75 Å². The SMILES string of the molecule is COc1ccccc1-n1ccnc(NCCC2=CCCCC2)c1=O. The molecule has 0 unspecified atom stereocenters. The fourth-order valence-corrected chi connectivity index (χ4v) is 3.02. The van der Waals surface area contributed by atoms with Crippen molar-refractivity contribution in [3.05, 3.63) is 58.7 Å². The van der Waals surface area contributed by atoms with Crippen molar-refractivity contribution < 1.29 is 4.74 Å². The van der Waals surface area contributed by atoms with Crippen LogP contribution in [-0.2, 0) is 0 Å². The van der Waals surface area contributed by atoms with Gasteiger partial charge in [0, 0.05) is 18.9 Å². The molecule has 1 aliphatic rings. The molecule has 0 radical (unpaired) electrons. The lowest BCUT2D eigenvalue weighted by Crippen LogP contribution is -2.24. The monoisotopic (exact) mass is 325 g/mol.